The Balaban J connectivity index is 1.19. The Hall–Kier alpha value is -8.46. The summed E-state index contributed by atoms with van der Waals surface area (Å²) >= 11 is 0. The van der Waals surface area contributed by atoms with Crippen molar-refractivity contribution in [3.8, 4) is 29.1 Å². The van der Waals surface area contributed by atoms with Crippen LogP contribution in [0.25, 0.3) is 0 Å². The monoisotopic (exact) mass is 804 g/mol. The van der Waals surface area contributed by atoms with Crippen LogP contribution in [0.3, 0.4) is 0 Å². The number of methoxy groups -OCH3 is 2. The van der Waals surface area contributed by atoms with E-state index in [1.807, 2.05) is 6.07 Å². The van der Waals surface area contributed by atoms with E-state index >= 15 is 0 Å². The number of phenolic OH excluding ortho intramolecular Hbond substituents is 1. The molecular formula is C41H33FN6O11. The van der Waals surface area contributed by atoms with Gasteiger partial charge in [0.25, 0.3) is 23.6 Å². The molecule has 0 spiro atoms. The van der Waals surface area contributed by atoms with E-state index in [-0.39, 0.29) is 57.2 Å². The predicted octanol–water partition coefficient (Wildman–Crippen LogP) is 5.36. The van der Waals surface area contributed by atoms with Crippen molar-refractivity contribution in [3.63, 3.8) is 0 Å². The normalized spacial score (nSPS) is 10.9. The molecule has 17 nitrogen and oxygen atoms in total. The van der Waals surface area contributed by atoms with E-state index in [0.29, 0.717) is 5.69 Å². The van der Waals surface area contributed by atoms with Crippen molar-refractivity contribution in [3.05, 3.63) is 131 Å². The Morgan fingerprint density at radius 1 is 0.610 bits per heavy atom. The first-order valence-corrected chi connectivity index (χ1v) is 17.2. The molecule has 0 aliphatic heterocycles. The maximum atomic E-state index is 13.2. The van der Waals surface area contributed by atoms with Gasteiger partial charge in [-0.05, 0) is 97.1 Å². The lowest BCUT2D eigenvalue weighted by Gasteiger charge is -2.17. The van der Waals surface area contributed by atoms with Crippen LogP contribution in [0.2, 0.25) is 0 Å². The van der Waals surface area contributed by atoms with E-state index < -0.39 is 64.4 Å². The third kappa shape index (κ3) is 9.86. The van der Waals surface area contributed by atoms with Crippen LogP contribution in [-0.2, 0) is 4.79 Å². The fourth-order valence-corrected chi connectivity index (χ4v) is 5.48. The summed E-state index contributed by atoms with van der Waals surface area (Å²) in [6, 6.07) is 21.5. The minimum Gasteiger partial charge on any atom is -0.504 e. The molecule has 5 amide bonds. The van der Waals surface area contributed by atoms with E-state index in [9.17, 15) is 53.7 Å². The number of hydrogen-bond acceptors (Lipinski definition) is 11. The predicted molar refractivity (Wildman–Crippen MR) is 210 cm³/mol. The number of aromatic hydroxyl groups is 2. The molecule has 0 aromatic heterocycles. The molecule has 0 bridgehead atoms. The molecule has 300 valence electrons. The van der Waals surface area contributed by atoms with Crippen molar-refractivity contribution >= 4 is 58.3 Å². The number of carboxylic acid groups (broad SMARTS) is 1. The minimum absolute atomic E-state index is 0.0237. The molecule has 0 heterocycles. The molecule has 5 rings (SSSR count). The number of hydrogen-bond donors (Lipinski definition) is 8. The second-order valence-electron chi connectivity index (χ2n) is 12.3. The number of nitrogens with one attached hydrogen (secondary N) is 5. The van der Waals surface area contributed by atoms with Gasteiger partial charge in [-0.3, -0.25) is 24.0 Å². The van der Waals surface area contributed by atoms with Crippen LogP contribution in [0.5, 0.6) is 23.0 Å². The van der Waals surface area contributed by atoms with Gasteiger partial charge < -0.3 is 51.4 Å². The maximum absolute atomic E-state index is 13.2. The first kappa shape index (κ1) is 41.7. The fraction of sp³-hybridized carbons (Fsp3) is 0.0976. The number of nitrogens with zero attached hydrogens (tertiary/aromatic N) is 1. The topological polar surface area (TPSA) is 266 Å². The summed E-state index contributed by atoms with van der Waals surface area (Å²) in [5.41, 5.74) is 0.128. The Kier molecular flexibility index (Phi) is 13.0. The van der Waals surface area contributed by atoms with Crippen molar-refractivity contribution in [2.75, 3.05) is 35.5 Å². The van der Waals surface area contributed by atoms with E-state index in [4.69, 9.17) is 9.47 Å². The molecule has 0 saturated carbocycles. The Morgan fingerprint density at radius 3 is 1.56 bits per heavy atom. The van der Waals surface area contributed by atoms with Crippen LogP contribution >= 0.6 is 0 Å². The van der Waals surface area contributed by atoms with Gasteiger partial charge in [0.15, 0.2) is 23.0 Å². The first-order valence-electron chi connectivity index (χ1n) is 17.2. The number of carbonyl (C=O) groups excluding carboxylic acids is 5. The van der Waals surface area contributed by atoms with E-state index in [1.165, 1.54) is 86.0 Å². The summed E-state index contributed by atoms with van der Waals surface area (Å²) in [4.78, 5) is 76.1. The van der Waals surface area contributed by atoms with Gasteiger partial charge >= 0.3 is 5.97 Å². The van der Waals surface area contributed by atoms with Crippen molar-refractivity contribution in [1.82, 2.24) is 5.32 Å². The molecular weight excluding hydrogens is 771 g/mol. The van der Waals surface area contributed by atoms with Crippen molar-refractivity contribution in [2.45, 2.75) is 12.5 Å². The molecule has 1 atom stereocenters. The highest BCUT2D eigenvalue weighted by molar-refractivity contribution is 6.10. The molecule has 0 fully saturated rings. The third-order valence-corrected chi connectivity index (χ3v) is 8.49. The molecule has 5 aromatic carbocycles. The Bertz CT molecular complexity index is 2490. The minimum atomic E-state index is -1.43. The van der Waals surface area contributed by atoms with Gasteiger partial charge in [0.2, 0.25) is 5.91 Å². The number of benzene rings is 5. The zero-order valence-corrected chi connectivity index (χ0v) is 31.0. The second-order valence-corrected chi connectivity index (χ2v) is 12.3. The summed E-state index contributed by atoms with van der Waals surface area (Å²) in [6.45, 7) is 0. The van der Waals surface area contributed by atoms with Gasteiger partial charge in [-0.25, -0.2) is 9.18 Å². The van der Waals surface area contributed by atoms with E-state index in [0.717, 1.165) is 25.3 Å². The molecule has 0 radical (unpaired) electrons. The van der Waals surface area contributed by atoms with Gasteiger partial charge in [0, 0.05) is 28.1 Å². The molecule has 59 heavy (non-hydrogen) atoms. The highest BCUT2D eigenvalue weighted by Gasteiger charge is 2.25. The van der Waals surface area contributed by atoms with Gasteiger partial charge in [-0.15, -0.1) is 0 Å². The van der Waals surface area contributed by atoms with Gasteiger partial charge in [0.05, 0.1) is 43.6 Å². The fourth-order valence-electron chi connectivity index (χ4n) is 5.48. The summed E-state index contributed by atoms with van der Waals surface area (Å²) in [5, 5.41) is 52.4. The van der Waals surface area contributed by atoms with Crippen LogP contribution in [0, 0.1) is 17.1 Å². The second kappa shape index (κ2) is 18.4. The number of nitriles is 1. The lowest BCUT2D eigenvalue weighted by Crippen LogP contribution is -2.43. The molecule has 8 N–H and O–H groups in total. The smallest absolute Gasteiger partial charge is 0.339 e. The average molecular weight is 805 g/mol. The van der Waals surface area contributed by atoms with Crippen LogP contribution in [0.4, 0.5) is 27.1 Å². The number of halogens is 1. The highest BCUT2D eigenvalue weighted by atomic mass is 19.1. The number of phenols is 2. The average Bonchev–Trinajstić information content (AvgIpc) is 3.21. The van der Waals surface area contributed by atoms with Gasteiger partial charge in [-0.2, -0.15) is 5.26 Å². The van der Waals surface area contributed by atoms with Crippen molar-refractivity contribution < 1.29 is 58.0 Å². The maximum Gasteiger partial charge on any atom is 0.339 e. The lowest BCUT2D eigenvalue weighted by molar-refractivity contribution is -0.117. The van der Waals surface area contributed by atoms with Crippen LogP contribution < -0.4 is 36.1 Å². The molecule has 0 saturated heterocycles. The zero-order chi connectivity index (χ0) is 42.8. The summed E-state index contributed by atoms with van der Waals surface area (Å²) in [6.07, 6.45) is -0.378. The van der Waals surface area contributed by atoms with Crippen molar-refractivity contribution in [2.24, 2.45) is 0 Å². The van der Waals surface area contributed by atoms with Crippen LogP contribution in [0.15, 0.2) is 97.1 Å². The molecule has 0 aliphatic rings. The Labute approximate surface area is 334 Å². The standard InChI is InChI=1S/C41H33FN6O11/c1-58-34-29(17-15-27(32(34)49)39(54)47-30-18-16-28(41(56)57)33(50)35(30)59-2)46-37(52)22-7-13-26(14-8-22)45-40(55)31(19-20-43)48-38(53)23-5-11-25(12-6-23)44-36(51)21-3-9-24(42)10-4-21/h3-18,31,49-50H,19H2,1-2H3,(H,44,51)(H,45,55)(H,46,52)(H,47,54)(H,48,53)(H,56,57). The van der Waals surface area contributed by atoms with Crippen LogP contribution in [-0.4, -0.2) is 71.1 Å². The van der Waals surface area contributed by atoms with Gasteiger partial charge in [-0.1, -0.05) is 0 Å². The largest absolute Gasteiger partial charge is 0.504 e. The van der Waals surface area contributed by atoms with Crippen molar-refractivity contribution in [1.29, 1.82) is 5.26 Å². The quantitative estimate of drug-likeness (QED) is 0.0705. The number of amides is 5. The molecule has 0 aliphatic carbocycles. The number of rotatable bonds is 14. The van der Waals surface area contributed by atoms with Gasteiger partial charge in [0.1, 0.15) is 17.4 Å². The number of aromatic carboxylic acids is 1. The summed E-state index contributed by atoms with van der Waals surface area (Å²) in [5.74, 6) is -7.37. The molecule has 1 unspecified atom stereocenters. The zero-order valence-electron chi connectivity index (χ0n) is 31.0. The number of ether oxygens (including phenoxy) is 2. The lowest BCUT2D eigenvalue weighted by atomic mass is 10.1. The van der Waals surface area contributed by atoms with Crippen LogP contribution in [0.1, 0.15) is 58.2 Å². The molecule has 18 heteroatoms. The summed E-state index contributed by atoms with van der Waals surface area (Å²) < 4.78 is 23.5. The Morgan fingerprint density at radius 2 is 1.05 bits per heavy atom. The summed E-state index contributed by atoms with van der Waals surface area (Å²) in [7, 11) is 2.34. The van der Waals surface area contributed by atoms with E-state index in [1.54, 1.807) is 0 Å². The van der Waals surface area contributed by atoms with E-state index in [2.05, 4.69) is 26.6 Å². The molecule has 5 aromatic rings. The third-order valence-electron chi connectivity index (χ3n) is 8.49. The number of anilines is 4. The number of carbonyl (C=O) groups is 6. The number of carboxylic acids is 1. The highest BCUT2D eigenvalue weighted by Crippen LogP contribution is 2.40. The SMILES string of the molecule is COc1c(NC(=O)c2ccc(NC(=O)c3ccc(NC(=O)C(CC#N)NC(=O)c4ccc(NC(=O)c5ccc(F)cc5)cc4)cc3)c(OC)c2O)ccc(C(=O)O)c1O. The first-order chi connectivity index (χ1) is 28.2.